The highest BCUT2D eigenvalue weighted by Gasteiger charge is 2.52. The lowest BCUT2D eigenvalue weighted by Crippen LogP contribution is -2.43. The lowest BCUT2D eigenvalue weighted by molar-refractivity contribution is -0.140. The third-order valence-corrected chi connectivity index (χ3v) is 7.42. The van der Waals surface area contributed by atoms with Gasteiger partial charge in [-0.05, 0) is 74.0 Å². The van der Waals surface area contributed by atoms with E-state index in [1.165, 1.54) is 32.0 Å². The molecule has 0 radical (unpaired) electrons. The molecule has 4 rings (SSSR count). The summed E-state index contributed by atoms with van der Waals surface area (Å²) in [5, 5.41) is 4.52. The van der Waals surface area contributed by atoms with Crippen LogP contribution in [0.5, 0.6) is 0 Å². The molecule has 3 aromatic rings. The molecule has 1 aliphatic rings. The van der Waals surface area contributed by atoms with Gasteiger partial charge in [0.1, 0.15) is 17.2 Å². The number of hydrogen-bond acceptors (Lipinski definition) is 4. The van der Waals surface area contributed by atoms with Crippen molar-refractivity contribution in [2.45, 2.75) is 32.1 Å². The van der Waals surface area contributed by atoms with Gasteiger partial charge in [-0.1, -0.05) is 6.07 Å². The van der Waals surface area contributed by atoms with Crippen LogP contribution in [0.2, 0.25) is 0 Å². The Balaban J connectivity index is 1.58. The SMILES string of the molecule is CC1(C)C(=O)N(c2ccc(F)c(C(F)(F)F)c2)C(=O)N1Cc1ccc(F)cc1NC(=O)Nc1ccc(P(=O)(O)O)cc1. The van der Waals surface area contributed by atoms with Crippen molar-refractivity contribution >= 4 is 47.9 Å². The minimum Gasteiger partial charge on any atom is -0.321 e. The van der Waals surface area contributed by atoms with Crippen LogP contribution < -0.4 is 20.8 Å². The number of benzene rings is 3. The van der Waals surface area contributed by atoms with Crippen LogP contribution in [-0.2, 0) is 22.1 Å². The van der Waals surface area contributed by atoms with Crippen molar-refractivity contribution in [2.24, 2.45) is 0 Å². The van der Waals surface area contributed by atoms with Crippen LogP contribution in [0.4, 0.5) is 48.6 Å². The number of alkyl halides is 3. The molecule has 0 unspecified atom stereocenters. The summed E-state index contributed by atoms with van der Waals surface area (Å²) in [5.41, 5.74) is -3.61. The van der Waals surface area contributed by atoms with Crippen molar-refractivity contribution in [3.8, 4) is 0 Å². The number of urea groups is 2. The number of amides is 5. The predicted octanol–water partition coefficient (Wildman–Crippen LogP) is 5.18. The second-order valence-corrected chi connectivity index (χ2v) is 11.3. The van der Waals surface area contributed by atoms with E-state index in [1.807, 2.05) is 0 Å². The molecule has 222 valence electrons. The van der Waals surface area contributed by atoms with Gasteiger partial charge in [0.25, 0.3) is 5.91 Å². The Morgan fingerprint density at radius 1 is 0.952 bits per heavy atom. The minimum absolute atomic E-state index is 0.116. The third-order valence-electron chi connectivity index (χ3n) is 6.45. The lowest BCUT2D eigenvalue weighted by Gasteiger charge is -2.28. The average molecular weight is 612 g/mol. The summed E-state index contributed by atoms with van der Waals surface area (Å²) in [4.78, 5) is 59.1. The van der Waals surface area contributed by atoms with E-state index in [9.17, 15) is 50.7 Å². The van der Waals surface area contributed by atoms with Gasteiger partial charge in [0.05, 0.1) is 28.8 Å². The first-order valence-corrected chi connectivity index (χ1v) is 13.6. The number of hydrogen-bond donors (Lipinski definition) is 4. The summed E-state index contributed by atoms with van der Waals surface area (Å²) < 4.78 is 79.1. The number of rotatable bonds is 6. The molecule has 1 fully saturated rings. The van der Waals surface area contributed by atoms with E-state index >= 15 is 0 Å². The molecule has 42 heavy (non-hydrogen) atoms. The van der Waals surface area contributed by atoms with E-state index in [0.29, 0.717) is 17.0 Å². The fraction of sp³-hybridized carbons (Fsp3) is 0.192. The Hall–Kier alpha value is -4.33. The van der Waals surface area contributed by atoms with Crippen molar-refractivity contribution in [1.29, 1.82) is 0 Å². The van der Waals surface area contributed by atoms with Crippen molar-refractivity contribution in [2.75, 3.05) is 15.5 Å². The number of halogens is 5. The third kappa shape index (κ3) is 6.12. The van der Waals surface area contributed by atoms with Gasteiger partial charge >= 0.3 is 25.8 Å². The van der Waals surface area contributed by atoms with Gasteiger partial charge in [0.15, 0.2) is 0 Å². The topological polar surface area (TPSA) is 139 Å². The van der Waals surface area contributed by atoms with Crippen LogP contribution in [0, 0.1) is 11.6 Å². The van der Waals surface area contributed by atoms with Crippen LogP contribution in [0.3, 0.4) is 0 Å². The number of imide groups is 1. The molecule has 0 aliphatic carbocycles. The average Bonchev–Trinajstić information content (AvgIpc) is 3.04. The fourth-order valence-corrected chi connectivity index (χ4v) is 4.73. The minimum atomic E-state index is -5.09. The van der Waals surface area contributed by atoms with E-state index in [-0.39, 0.29) is 22.2 Å². The van der Waals surface area contributed by atoms with Gasteiger partial charge in [-0.2, -0.15) is 13.2 Å². The molecule has 16 heteroatoms. The highest BCUT2D eigenvalue weighted by molar-refractivity contribution is 7.60. The maximum atomic E-state index is 14.1. The summed E-state index contributed by atoms with van der Waals surface area (Å²) in [7, 11) is -4.51. The number of carbonyl (C=O) groups excluding carboxylic acids is 3. The molecule has 5 amide bonds. The molecule has 0 aromatic heterocycles. The molecule has 0 spiro atoms. The number of carbonyl (C=O) groups is 3. The zero-order chi connectivity index (χ0) is 31.2. The van der Waals surface area contributed by atoms with Gasteiger partial charge in [-0.25, -0.2) is 23.3 Å². The van der Waals surface area contributed by atoms with Crippen LogP contribution in [0.25, 0.3) is 0 Å². The Bertz CT molecular complexity index is 1620. The summed E-state index contributed by atoms with van der Waals surface area (Å²) in [6.45, 7) is 2.28. The summed E-state index contributed by atoms with van der Waals surface area (Å²) >= 11 is 0. The number of nitrogens with zero attached hydrogens (tertiary/aromatic N) is 2. The summed E-state index contributed by atoms with van der Waals surface area (Å²) in [6.07, 6.45) is -5.09. The van der Waals surface area contributed by atoms with Crippen molar-refractivity contribution < 1.29 is 50.7 Å². The Morgan fingerprint density at radius 2 is 1.60 bits per heavy atom. The molecule has 10 nitrogen and oxygen atoms in total. The molecule has 1 aliphatic heterocycles. The van der Waals surface area contributed by atoms with E-state index in [1.54, 1.807) is 0 Å². The molecule has 4 N–H and O–H groups in total. The molecular formula is C26H22F5N4O6P. The van der Waals surface area contributed by atoms with Gasteiger partial charge < -0.3 is 25.3 Å². The normalized spacial score (nSPS) is 15.3. The number of anilines is 3. The van der Waals surface area contributed by atoms with E-state index in [0.717, 1.165) is 35.2 Å². The second kappa shape index (κ2) is 10.8. The zero-order valence-electron chi connectivity index (χ0n) is 21.7. The Morgan fingerprint density at radius 3 is 2.19 bits per heavy atom. The fourth-order valence-electron chi connectivity index (χ4n) is 4.20. The van der Waals surface area contributed by atoms with E-state index in [2.05, 4.69) is 10.6 Å². The first-order valence-electron chi connectivity index (χ1n) is 11.9. The highest BCUT2D eigenvalue weighted by atomic mass is 31.2. The second-order valence-electron chi connectivity index (χ2n) is 9.70. The lowest BCUT2D eigenvalue weighted by atomic mass is 10.0. The molecule has 1 heterocycles. The van der Waals surface area contributed by atoms with Crippen LogP contribution in [0.15, 0.2) is 60.7 Å². The van der Waals surface area contributed by atoms with Gasteiger partial charge in [-0.3, -0.25) is 9.36 Å². The Kier molecular flexibility index (Phi) is 7.89. The molecule has 0 saturated carbocycles. The van der Waals surface area contributed by atoms with Crippen LogP contribution >= 0.6 is 7.60 Å². The number of nitrogens with one attached hydrogen (secondary N) is 2. The van der Waals surface area contributed by atoms with E-state index in [4.69, 9.17) is 0 Å². The smallest absolute Gasteiger partial charge is 0.321 e. The molecule has 0 atom stereocenters. The summed E-state index contributed by atoms with van der Waals surface area (Å²) in [5.74, 6) is -3.25. The standard InChI is InChI=1S/C26H22F5N4O6P/c1-25(2)22(36)35(17-7-10-20(28)19(12-17)26(29,30)31)24(38)34(25)13-14-3-4-15(27)11-21(14)33-23(37)32-16-5-8-18(9-6-16)42(39,40)41/h3-12H,13H2,1-2H3,(H2,32,33,37)(H2,39,40,41). The molecule has 0 bridgehead atoms. The molecule has 1 saturated heterocycles. The maximum absolute atomic E-state index is 14.1. The van der Waals surface area contributed by atoms with Crippen molar-refractivity contribution in [3.05, 3.63) is 83.4 Å². The first-order chi connectivity index (χ1) is 19.4. The largest absolute Gasteiger partial charge is 0.419 e. The van der Waals surface area contributed by atoms with Crippen molar-refractivity contribution in [3.63, 3.8) is 0 Å². The van der Waals surface area contributed by atoms with Crippen LogP contribution in [0.1, 0.15) is 25.0 Å². The van der Waals surface area contributed by atoms with Crippen LogP contribution in [-0.4, -0.2) is 38.2 Å². The van der Waals surface area contributed by atoms with E-state index < -0.39 is 66.7 Å². The quantitative estimate of drug-likeness (QED) is 0.172. The Labute approximate surface area is 234 Å². The zero-order valence-corrected chi connectivity index (χ0v) is 22.6. The van der Waals surface area contributed by atoms with Gasteiger partial charge in [0, 0.05) is 5.69 Å². The van der Waals surface area contributed by atoms with Gasteiger partial charge in [0.2, 0.25) is 0 Å². The predicted molar refractivity (Wildman–Crippen MR) is 141 cm³/mol. The van der Waals surface area contributed by atoms with Crippen molar-refractivity contribution in [1.82, 2.24) is 4.90 Å². The molecule has 3 aromatic carbocycles. The first kappa shape index (κ1) is 30.6. The molecular weight excluding hydrogens is 590 g/mol. The monoisotopic (exact) mass is 612 g/mol. The summed E-state index contributed by atoms with van der Waals surface area (Å²) in [6, 6.07) is 7.65. The highest BCUT2D eigenvalue weighted by Crippen LogP contribution is 2.38. The van der Waals surface area contributed by atoms with Gasteiger partial charge in [-0.15, -0.1) is 0 Å². The maximum Gasteiger partial charge on any atom is 0.419 e.